The monoisotopic (exact) mass is 205 g/mol. The molecule has 0 saturated heterocycles. The lowest BCUT2D eigenvalue weighted by Crippen LogP contribution is -2.12. The lowest BCUT2D eigenvalue weighted by molar-refractivity contribution is -0.132. The van der Waals surface area contributed by atoms with Crippen molar-refractivity contribution in [3.63, 3.8) is 0 Å². The van der Waals surface area contributed by atoms with Crippen LogP contribution in [0.25, 0.3) is 0 Å². The van der Waals surface area contributed by atoms with Crippen molar-refractivity contribution in [3.05, 3.63) is 47.7 Å². The topological polar surface area (TPSA) is 70.4 Å². The van der Waals surface area contributed by atoms with Gasteiger partial charge in [-0.15, -0.1) is 0 Å². The molecule has 0 amide bonds. The van der Waals surface area contributed by atoms with E-state index in [1.54, 1.807) is 30.3 Å². The predicted octanol–water partition coefficient (Wildman–Crippen LogP) is 1.67. The molecule has 4 heteroatoms. The largest absolute Gasteiger partial charge is 0.503 e. The maximum Gasteiger partial charge on any atom is 0.341 e. The highest BCUT2D eigenvalue weighted by Crippen LogP contribution is 2.08. The van der Waals surface area contributed by atoms with Crippen LogP contribution >= 0.6 is 0 Å². The lowest BCUT2D eigenvalue weighted by Gasteiger charge is -2.04. The molecule has 0 aliphatic heterocycles. The van der Waals surface area contributed by atoms with Crippen LogP contribution < -0.4 is 0 Å². The second-order valence-electron chi connectivity index (χ2n) is 2.81. The highest BCUT2D eigenvalue weighted by Gasteiger charge is 2.15. The molecular weight excluding hydrogens is 194 g/mol. The van der Waals surface area contributed by atoms with Gasteiger partial charge in [0.2, 0.25) is 0 Å². The zero-order valence-electron chi connectivity index (χ0n) is 8.23. The van der Waals surface area contributed by atoms with Gasteiger partial charge in [0, 0.05) is 5.56 Å². The van der Waals surface area contributed by atoms with E-state index in [0.29, 0.717) is 5.56 Å². The number of hydrogen-bond acceptors (Lipinski definition) is 3. The normalized spacial score (nSPS) is 10.9. The van der Waals surface area contributed by atoms with E-state index >= 15 is 0 Å². The Morgan fingerprint density at radius 1 is 1.40 bits per heavy atom. The number of carboxylic acid groups (broad SMARTS) is 1. The van der Waals surface area contributed by atoms with Gasteiger partial charge in [-0.2, -0.15) is 0 Å². The summed E-state index contributed by atoms with van der Waals surface area (Å²) in [4.78, 5) is 10.8. The highest BCUT2D eigenvalue weighted by atomic mass is 16.5. The number of carboxylic acids is 1. The molecule has 0 aliphatic rings. The molecule has 15 heavy (non-hydrogen) atoms. The maximum absolute atomic E-state index is 10.8. The van der Waals surface area contributed by atoms with Gasteiger partial charge in [-0.3, -0.25) is 5.41 Å². The number of ether oxygens (including phenoxy) is 1. The van der Waals surface area contributed by atoms with Crippen molar-refractivity contribution in [2.45, 2.75) is 0 Å². The molecule has 0 heterocycles. The van der Waals surface area contributed by atoms with E-state index < -0.39 is 5.97 Å². The minimum absolute atomic E-state index is 0.0649. The number of benzene rings is 1. The summed E-state index contributed by atoms with van der Waals surface area (Å²) in [7, 11) is 1.35. The third kappa shape index (κ3) is 2.67. The van der Waals surface area contributed by atoms with Gasteiger partial charge in [-0.1, -0.05) is 30.3 Å². The van der Waals surface area contributed by atoms with Gasteiger partial charge in [-0.05, 0) is 0 Å². The molecule has 0 unspecified atom stereocenters. The molecule has 0 radical (unpaired) electrons. The third-order valence-corrected chi connectivity index (χ3v) is 1.80. The van der Waals surface area contributed by atoms with E-state index in [0.717, 1.165) is 6.26 Å². The number of methoxy groups -OCH3 is 1. The minimum Gasteiger partial charge on any atom is -0.503 e. The second-order valence-corrected chi connectivity index (χ2v) is 2.81. The molecule has 1 rings (SSSR count). The first-order valence-corrected chi connectivity index (χ1v) is 4.27. The zero-order chi connectivity index (χ0) is 11.3. The zero-order valence-corrected chi connectivity index (χ0v) is 8.23. The van der Waals surface area contributed by atoms with Gasteiger partial charge < -0.3 is 9.84 Å². The molecule has 0 aromatic heterocycles. The van der Waals surface area contributed by atoms with Crippen LogP contribution in [0.4, 0.5) is 0 Å². The van der Waals surface area contributed by atoms with Crippen LogP contribution in [0.15, 0.2) is 42.2 Å². The van der Waals surface area contributed by atoms with Crippen LogP contribution in [0.2, 0.25) is 0 Å². The average Bonchev–Trinajstić information content (AvgIpc) is 2.26. The van der Waals surface area contributed by atoms with Crippen molar-refractivity contribution < 1.29 is 14.6 Å². The number of hydrogen-bond donors (Lipinski definition) is 2. The van der Waals surface area contributed by atoms with E-state index in [4.69, 9.17) is 10.5 Å². The summed E-state index contributed by atoms with van der Waals surface area (Å²) in [6.07, 6.45) is 1.05. The van der Waals surface area contributed by atoms with Gasteiger partial charge in [0.05, 0.1) is 19.1 Å². The van der Waals surface area contributed by atoms with Gasteiger partial charge in [0.1, 0.15) is 5.57 Å². The molecule has 0 bridgehead atoms. The summed E-state index contributed by atoms with van der Waals surface area (Å²) in [6, 6.07) is 8.65. The van der Waals surface area contributed by atoms with Gasteiger partial charge >= 0.3 is 5.97 Å². The molecule has 0 aliphatic carbocycles. The molecule has 1 aromatic rings. The number of nitrogens with one attached hydrogen (secondary N) is 1. The smallest absolute Gasteiger partial charge is 0.341 e. The Balaban J connectivity index is 3.02. The lowest BCUT2D eigenvalue weighted by atomic mass is 10.0. The molecule has 4 nitrogen and oxygen atoms in total. The Hall–Kier alpha value is -2.10. The molecular formula is C11H11NO3. The standard InChI is InChI=1S/C11H11NO3/c1-15-7-9(11(13)14)10(12)8-5-3-2-4-6-8/h2-7,12H,1H3,(H,13,14)/b9-7+,12-10?. The summed E-state index contributed by atoms with van der Waals surface area (Å²) in [6.45, 7) is 0. The molecule has 78 valence electrons. The predicted molar refractivity (Wildman–Crippen MR) is 56.0 cm³/mol. The van der Waals surface area contributed by atoms with E-state index in [-0.39, 0.29) is 11.3 Å². The fourth-order valence-corrected chi connectivity index (χ4v) is 1.09. The van der Waals surface area contributed by atoms with Crippen LogP contribution in [0.1, 0.15) is 5.56 Å². The first-order chi connectivity index (χ1) is 7.16. The Bertz CT molecular complexity index is 396. The number of rotatable bonds is 4. The molecule has 0 saturated carbocycles. The van der Waals surface area contributed by atoms with Crippen molar-refractivity contribution in [2.75, 3.05) is 7.11 Å². The highest BCUT2D eigenvalue weighted by molar-refractivity contribution is 6.24. The molecule has 0 spiro atoms. The first-order valence-electron chi connectivity index (χ1n) is 4.27. The Kier molecular flexibility index (Phi) is 3.62. The summed E-state index contributed by atoms with van der Waals surface area (Å²) >= 11 is 0. The van der Waals surface area contributed by atoms with Gasteiger partial charge in [0.15, 0.2) is 0 Å². The number of aliphatic carboxylic acids is 1. The van der Waals surface area contributed by atoms with Gasteiger partial charge in [0.25, 0.3) is 0 Å². The quantitative estimate of drug-likeness (QED) is 0.446. The average molecular weight is 205 g/mol. The molecule has 0 atom stereocenters. The summed E-state index contributed by atoms with van der Waals surface area (Å²) in [5.74, 6) is -1.18. The SMILES string of the molecule is CO/C=C(\C(=N)c1ccccc1)C(=O)O. The van der Waals surface area contributed by atoms with Crippen molar-refractivity contribution in [1.29, 1.82) is 5.41 Å². The fourth-order valence-electron chi connectivity index (χ4n) is 1.09. The van der Waals surface area contributed by atoms with E-state index in [9.17, 15) is 4.79 Å². The second kappa shape index (κ2) is 4.95. The van der Waals surface area contributed by atoms with Crippen molar-refractivity contribution in [3.8, 4) is 0 Å². The Labute approximate surface area is 87.3 Å². The molecule has 2 N–H and O–H groups in total. The molecule has 0 fully saturated rings. The van der Waals surface area contributed by atoms with E-state index in [2.05, 4.69) is 4.74 Å². The van der Waals surface area contributed by atoms with Crippen LogP contribution in [0.3, 0.4) is 0 Å². The first kappa shape index (κ1) is 11.0. The van der Waals surface area contributed by atoms with E-state index in [1.165, 1.54) is 7.11 Å². The van der Waals surface area contributed by atoms with Crippen molar-refractivity contribution in [1.82, 2.24) is 0 Å². The Morgan fingerprint density at radius 2 is 2.00 bits per heavy atom. The Morgan fingerprint density at radius 3 is 2.47 bits per heavy atom. The van der Waals surface area contributed by atoms with Crippen LogP contribution in [0, 0.1) is 5.41 Å². The summed E-state index contributed by atoms with van der Waals surface area (Å²) < 4.78 is 4.62. The van der Waals surface area contributed by atoms with E-state index in [1.807, 2.05) is 0 Å². The summed E-state index contributed by atoms with van der Waals surface area (Å²) in [5, 5.41) is 16.5. The van der Waals surface area contributed by atoms with Crippen LogP contribution in [-0.2, 0) is 9.53 Å². The minimum atomic E-state index is -1.18. The summed E-state index contributed by atoms with van der Waals surface area (Å²) in [5.41, 5.74) is 0.317. The van der Waals surface area contributed by atoms with Crippen LogP contribution in [0.5, 0.6) is 0 Å². The van der Waals surface area contributed by atoms with Crippen LogP contribution in [-0.4, -0.2) is 23.9 Å². The molecule has 1 aromatic carbocycles. The number of carbonyl (C=O) groups is 1. The van der Waals surface area contributed by atoms with Crippen molar-refractivity contribution in [2.24, 2.45) is 0 Å². The van der Waals surface area contributed by atoms with Gasteiger partial charge in [-0.25, -0.2) is 4.79 Å². The maximum atomic E-state index is 10.8. The van der Waals surface area contributed by atoms with Crippen molar-refractivity contribution >= 4 is 11.7 Å². The fraction of sp³-hybridized carbons (Fsp3) is 0.0909. The third-order valence-electron chi connectivity index (χ3n) is 1.80.